The molecular weight excluding hydrogens is 582 g/mol. The van der Waals surface area contributed by atoms with Crippen LogP contribution in [0.2, 0.25) is 0 Å². The standard InChI is InChI=1S/C27H40ClNO9S2/c1-17-10-12-18(13-11-17)40(33,34)38-22-19(27(8,16-28)39-15-20(30)35-9)14-29(24(32)37-26(5,6)7)21(22)23(31)36-25(2,3)4/h10-13,19,21-22H,14-16H2,1-9H3/t19-,21-,22+,27?/m0/s1. The Morgan fingerprint density at radius 3 is 2.02 bits per heavy atom. The van der Waals surface area contributed by atoms with E-state index < -0.39 is 62.2 Å². The van der Waals surface area contributed by atoms with Crippen LogP contribution in [0.1, 0.15) is 54.0 Å². The molecule has 1 amide bonds. The molecule has 226 valence electrons. The number of alkyl halides is 1. The maximum atomic E-state index is 13.6. The SMILES string of the molecule is COC(=O)CSC(C)(CCl)[C@H]1CN(C(=O)OC(C)(C)C)[C@H](C(=O)OC(C)(C)C)[C@@H]1OS(=O)(=O)c1ccc(C)cc1. The number of carbonyl (C=O) groups excluding carboxylic acids is 3. The summed E-state index contributed by atoms with van der Waals surface area (Å²) in [4.78, 5) is 40.0. The summed E-state index contributed by atoms with van der Waals surface area (Å²) in [5.41, 5.74) is -1.02. The molecule has 2 rings (SSSR count). The van der Waals surface area contributed by atoms with Crippen molar-refractivity contribution in [3.8, 4) is 0 Å². The number of aryl methyl sites for hydroxylation is 1. The molecule has 0 aliphatic carbocycles. The van der Waals surface area contributed by atoms with E-state index in [0.29, 0.717) is 0 Å². The van der Waals surface area contributed by atoms with E-state index in [4.69, 9.17) is 30.0 Å². The normalized spacial score (nSPS) is 21.4. The van der Waals surface area contributed by atoms with Gasteiger partial charge in [-0.1, -0.05) is 17.7 Å². The summed E-state index contributed by atoms with van der Waals surface area (Å²) in [5, 5.41) is 0. The van der Waals surface area contributed by atoms with Crippen LogP contribution in [0.15, 0.2) is 29.2 Å². The lowest BCUT2D eigenvalue weighted by Gasteiger charge is -2.36. The molecule has 1 aromatic carbocycles. The molecule has 0 spiro atoms. The molecule has 13 heteroatoms. The van der Waals surface area contributed by atoms with Crippen molar-refractivity contribution in [1.82, 2.24) is 4.90 Å². The van der Waals surface area contributed by atoms with Crippen LogP contribution in [0.5, 0.6) is 0 Å². The predicted molar refractivity (Wildman–Crippen MR) is 153 cm³/mol. The van der Waals surface area contributed by atoms with E-state index in [0.717, 1.165) is 22.2 Å². The van der Waals surface area contributed by atoms with E-state index in [-0.39, 0.29) is 23.1 Å². The summed E-state index contributed by atoms with van der Waals surface area (Å²) in [6.07, 6.45) is -2.26. The van der Waals surface area contributed by atoms with Gasteiger partial charge in [-0.15, -0.1) is 23.4 Å². The van der Waals surface area contributed by atoms with Crippen molar-refractivity contribution in [2.75, 3.05) is 25.3 Å². The fourth-order valence-corrected chi connectivity index (χ4v) is 6.66. The highest BCUT2D eigenvalue weighted by Gasteiger charge is 2.58. The predicted octanol–water partition coefficient (Wildman–Crippen LogP) is 4.55. The number of likely N-dealkylation sites (tertiary alicyclic amines) is 1. The van der Waals surface area contributed by atoms with Crippen LogP contribution >= 0.6 is 23.4 Å². The Morgan fingerprint density at radius 2 is 1.55 bits per heavy atom. The Balaban J connectivity index is 2.68. The average molecular weight is 622 g/mol. The Labute approximate surface area is 246 Å². The lowest BCUT2D eigenvalue weighted by atomic mass is 9.89. The van der Waals surface area contributed by atoms with E-state index in [9.17, 15) is 22.8 Å². The van der Waals surface area contributed by atoms with E-state index in [1.165, 1.54) is 19.2 Å². The molecule has 0 radical (unpaired) electrons. The number of carbonyl (C=O) groups is 3. The van der Waals surface area contributed by atoms with Crippen molar-refractivity contribution in [3.05, 3.63) is 29.8 Å². The van der Waals surface area contributed by atoms with E-state index in [2.05, 4.69) is 0 Å². The first kappa shape index (κ1) is 34.2. The van der Waals surface area contributed by atoms with Crippen LogP contribution in [0.25, 0.3) is 0 Å². The molecule has 1 heterocycles. The van der Waals surface area contributed by atoms with Gasteiger partial charge in [-0.05, 0) is 67.5 Å². The number of hydrogen-bond donors (Lipinski definition) is 0. The van der Waals surface area contributed by atoms with Crippen molar-refractivity contribution in [2.24, 2.45) is 5.92 Å². The first-order chi connectivity index (χ1) is 18.2. The number of rotatable bonds is 9. The van der Waals surface area contributed by atoms with Crippen LogP contribution in [-0.2, 0) is 38.1 Å². The molecule has 1 saturated heterocycles. The van der Waals surface area contributed by atoms with Gasteiger partial charge in [0.05, 0.1) is 17.8 Å². The quantitative estimate of drug-likeness (QED) is 0.168. The number of esters is 2. The Bertz CT molecular complexity index is 1180. The number of methoxy groups -OCH3 is 1. The lowest BCUT2D eigenvalue weighted by molar-refractivity contribution is -0.162. The average Bonchev–Trinajstić information content (AvgIpc) is 3.20. The van der Waals surface area contributed by atoms with Gasteiger partial charge in [0.15, 0.2) is 6.04 Å². The van der Waals surface area contributed by atoms with Gasteiger partial charge in [0.2, 0.25) is 0 Å². The molecular formula is C27H40ClNO9S2. The zero-order chi connectivity index (χ0) is 30.7. The van der Waals surface area contributed by atoms with Gasteiger partial charge in [-0.3, -0.25) is 13.9 Å². The summed E-state index contributed by atoms with van der Waals surface area (Å²) in [5.74, 6) is -2.38. The minimum atomic E-state index is -4.42. The molecule has 1 aromatic rings. The van der Waals surface area contributed by atoms with Crippen molar-refractivity contribution in [2.45, 2.75) is 88.4 Å². The molecule has 1 aliphatic heterocycles. The minimum absolute atomic E-state index is 0.0625. The van der Waals surface area contributed by atoms with Gasteiger partial charge < -0.3 is 14.2 Å². The summed E-state index contributed by atoms with van der Waals surface area (Å²) in [6, 6.07) is 4.55. The smallest absolute Gasteiger partial charge is 0.411 e. The third-order valence-corrected chi connectivity index (χ3v) is 9.58. The third-order valence-electron chi connectivity index (χ3n) is 6.06. The molecule has 4 atom stereocenters. The first-order valence-electron chi connectivity index (χ1n) is 12.7. The zero-order valence-electron chi connectivity index (χ0n) is 24.5. The van der Waals surface area contributed by atoms with Crippen LogP contribution < -0.4 is 0 Å². The molecule has 1 fully saturated rings. The monoisotopic (exact) mass is 621 g/mol. The van der Waals surface area contributed by atoms with Gasteiger partial charge in [0.1, 0.15) is 17.3 Å². The fourth-order valence-electron chi connectivity index (χ4n) is 4.05. The van der Waals surface area contributed by atoms with Crippen LogP contribution in [0.3, 0.4) is 0 Å². The Morgan fingerprint density at radius 1 is 1.00 bits per heavy atom. The van der Waals surface area contributed by atoms with Crippen LogP contribution in [0.4, 0.5) is 4.79 Å². The van der Waals surface area contributed by atoms with Gasteiger partial charge in [0.25, 0.3) is 10.1 Å². The lowest BCUT2D eigenvalue weighted by Crippen LogP contribution is -2.51. The summed E-state index contributed by atoms with van der Waals surface area (Å²) < 4.78 is 47.8. The van der Waals surface area contributed by atoms with Crippen molar-refractivity contribution in [1.29, 1.82) is 0 Å². The molecule has 0 saturated carbocycles. The molecule has 10 nitrogen and oxygen atoms in total. The molecule has 1 unspecified atom stereocenters. The van der Waals surface area contributed by atoms with E-state index in [1.54, 1.807) is 60.6 Å². The molecule has 1 aliphatic rings. The van der Waals surface area contributed by atoms with Gasteiger partial charge in [-0.2, -0.15) is 8.42 Å². The topological polar surface area (TPSA) is 126 Å². The number of halogens is 1. The number of thioether (sulfide) groups is 1. The number of hydrogen-bond acceptors (Lipinski definition) is 10. The van der Waals surface area contributed by atoms with Gasteiger partial charge in [0, 0.05) is 23.1 Å². The maximum absolute atomic E-state index is 13.6. The fraction of sp³-hybridized carbons (Fsp3) is 0.667. The molecule has 40 heavy (non-hydrogen) atoms. The van der Waals surface area contributed by atoms with Gasteiger partial charge in [-0.25, -0.2) is 9.59 Å². The highest BCUT2D eigenvalue weighted by Crippen LogP contribution is 2.45. The molecule has 0 aromatic heterocycles. The number of amides is 1. The van der Waals surface area contributed by atoms with Crippen LogP contribution in [-0.4, -0.2) is 84.7 Å². The highest BCUT2D eigenvalue weighted by atomic mass is 35.5. The highest BCUT2D eigenvalue weighted by molar-refractivity contribution is 8.01. The maximum Gasteiger partial charge on any atom is 0.411 e. The molecule has 0 N–H and O–H groups in total. The number of nitrogens with zero attached hydrogens (tertiary/aromatic N) is 1. The Kier molecular flexibility index (Phi) is 11.0. The number of benzene rings is 1. The summed E-state index contributed by atoms with van der Waals surface area (Å²) in [7, 11) is -3.17. The number of ether oxygens (including phenoxy) is 3. The van der Waals surface area contributed by atoms with E-state index >= 15 is 0 Å². The molecule has 0 bridgehead atoms. The van der Waals surface area contributed by atoms with E-state index in [1.807, 2.05) is 6.92 Å². The second-order valence-electron chi connectivity index (χ2n) is 11.9. The van der Waals surface area contributed by atoms with Crippen LogP contribution in [0, 0.1) is 12.8 Å². The largest absolute Gasteiger partial charge is 0.468 e. The second-order valence-corrected chi connectivity index (χ2v) is 15.2. The van der Waals surface area contributed by atoms with Crippen molar-refractivity contribution >= 4 is 51.5 Å². The third kappa shape index (κ3) is 8.99. The second kappa shape index (κ2) is 12.9. The van der Waals surface area contributed by atoms with Crippen molar-refractivity contribution in [3.63, 3.8) is 0 Å². The van der Waals surface area contributed by atoms with Gasteiger partial charge >= 0.3 is 18.0 Å². The summed E-state index contributed by atoms with van der Waals surface area (Å²) in [6.45, 7) is 13.4. The van der Waals surface area contributed by atoms with Crippen molar-refractivity contribution < 1.29 is 41.2 Å². The zero-order valence-corrected chi connectivity index (χ0v) is 26.9. The minimum Gasteiger partial charge on any atom is -0.468 e. The Hall–Kier alpha value is -2.02. The summed E-state index contributed by atoms with van der Waals surface area (Å²) >= 11 is 7.55. The first-order valence-corrected chi connectivity index (χ1v) is 15.6.